The van der Waals surface area contributed by atoms with Gasteiger partial charge < -0.3 is 29.5 Å². The molecule has 0 unspecified atom stereocenters. The molecule has 0 radical (unpaired) electrons. The molecule has 0 saturated carbocycles. The highest BCUT2D eigenvalue weighted by Gasteiger charge is 2.46. The van der Waals surface area contributed by atoms with E-state index in [1.807, 2.05) is 20.8 Å². The number of amides is 1. The van der Waals surface area contributed by atoms with Gasteiger partial charge in [-0.3, -0.25) is 9.59 Å². The molecule has 1 heterocycles. The number of ketones is 1. The minimum Gasteiger partial charge on any atom is -0.507 e. The summed E-state index contributed by atoms with van der Waals surface area (Å²) in [5.74, 6) is -0.776. The zero-order valence-corrected chi connectivity index (χ0v) is 22.4. The second-order valence-electron chi connectivity index (χ2n) is 9.13. The number of phenols is 1. The Hall–Kier alpha value is -3.52. The van der Waals surface area contributed by atoms with Crippen LogP contribution in [-0.2, 0) is 9.59 Å². The number of hydrogen-bond acceptors (Lipinski definition) is 7. The molecular formula is C29H38N2O6. The predicted molar refractivity (Wildman–Crippen MR) is 143 cm³/mol. The molecule has 2 aromatic carbocycles. The van der Waals surface area contributed by atoms with Crippen LogP contribution < -0.4 is 9.47 Å². The zero-order valence-electron chi connectivity index (χ0n) is 22.4. The van der Waals surface area contributed by atoms with Crippen molar-refractivity contribution >= 4 is 17.4 Å². The fraction of sp³-hybridized carbons (Fsp3) is 0.448. The van der Waals surface area contributed by atoms with Gasteiger partial charge in [0.05, 0.1) is 25.3 Å². The van der Waals surface area contributed by atoms with Gasteiger partial charge in [-0.1, -0.05) is 33.3 Å². The molecule has 1 atom stereocenters. The number of aliphatic hydroxyl groups excluding tert-OH is 1. The Balaban J connectivity index is 2.08. The number of likely N-dealkylation sites (tertiary alicyclic amines) is 1. The van der Waals surface area contributed by atoms with E-state index < -0.39 is 17.7 Å². The molecule has 2 N–H and O–H groups in total. The second kappa shape index (κ2) is 12.6. The van der Waals surface area contributed by atoms with Crippen LogP contribution >= 0.6 is 0 Å². The number of aromatic hydroxyl groups is 1. The van der Waals surface area contributed by atoms with Gasteiger partial charge in [0, 0.05) is 18.7 Å². The number of rotatable bonds is 12. The first-order valence-electron chi connectivity index (χ1n) is 12.9. The largest absolute Gasteiger partial charge is 0.507 e. The van der Waals surface area contributed by atoms with E-state index in [4.69, 9.17) is 9.47 Å². The standard InChI is InChI=1S/C29H38N2O6/c1-6-9-16-37-23-13-11-21(17-19(23)4)27(33)25-26(20-10-12-22(32)24(18-20)36-5)31(29(35)28(25)34)15-14-30(7-2)8-3/h10-13,17-18,26,32-33H,6-9,14-16H2,1-5H3/t26-/m1/s1. The Labute approximate surface area is 219 Å². The third kappa shape index (κ3) is 6.07. The molecular weight excluding hydrogens is 472 g/mol. The van der Waals surface area contributed by atoms with Crippen LogP contribution in [0.4, 0.5) is 0 Å². The summed E-state index contributed by atoms with van der Waals surface area (Å²) in [6, 6.07) is 9.10. The molecule has 8 heteroatoms. The van der Waals surface area contributed by atoms with Crippen molar-refractivity contribution in [1.82, 2.24) is 9.80 Å². The maximum absolute atomic E-state index is 13.3. The smallest absolute Gasteiger partial charge is 0.295 e. The van der Waals surface area contributed by atoms with E-state index in [0.717, 1.165) is 31.5 Å². The molecule has 37 heavy (non-hydrogen) atoms. The molecule has 8 nitrogen and oxygen atoms in total. The highest BCUT2D eigenvalue weighted by Crippen LogP contribution is 2.42. The van der Waals surface area contributed by atoms with E-state index >= 15 is 0 Å². The number of methoxy groups -OCH3 is 1. The molecule has 1 aliphatic rings. The van der Waals surface area contributed by atoms with Crippen LogP contribution in [0.1, 0.15) is 56.3 Å². The Kier molecular flexibility index (Phi) is 9.58. The summed E-state index contributed by atoms with van der Waals surface area (Å²) in [5, 5.41) is 21.5. The van der Waals surface area contributed by atoms with Crippen LogP contribution in [0, 0.1) is 6.92 Å². The van der Waals surface area contributed by atoms with Gasteiger partial charge in [0.1, 0.15) is 11.5 Å². The van der Waals surface area contributed by atoms with E-state index in [-0.39, 0.29) is 22.8 Å². The van der Waals surface area contributed by atoms with Crippen molar-refractivity contribution in [3.8, 4) is 17.2 Å². The van der Waals surface area contributed by atoms with E-state index in [1.54, 1.807) is 30.3 Å². The summed E-state index contributed by atoms with van der Waals surface area (Å²) in [6.45, 7) is 11.2. The first-order chi connectivity index (χ1) is 17.8. The Morgan fingerprint density at radius 3 is 2.41 bits per heavy atom. The maximum Gasteiger partial charge on any atom is 0.295 e. The van der Waals surface area contributed by atoms with Crippen molar-refractivity contribution in [3.63, 3.8) is 0 Å². The Morgan fingerprint density at radius 2 is 1.78 bits per heavy atom. The van der Waals surface area contributed by atoms with Gasteiger partial charge in [-0.2, -0.15) is 0 Å². The zero-order chi connectivity index (χ0) is 27.1. The van der Waals surface area contributed by atoms with E-state index in [0.29, 0.717) is 36.6 Å². The van der Waals surface area contributed by atoms with Crippen LogP contribution in [0.2, 0.25) is 0 Å². The van der Waals surface area contributed by atoms with Gasteiger partial charge in [-0.25, -0.2) is 0 Å². The molecule has 0 aliphatic carbocycles. The lowest BCUT2D eigenvalue weighted by molar-refractivity contribution is -0.140. The molecule has 0 aromatic heterocycles. The topological polar surface area (TPSA) is 99.5 Å². The predicted octanol–water partition coefficient (Wildman–Crippen LogP) is 4.65. The minimum absolute atomic E-state index is 0.0105. The fourth-order valence-electron chi connectivity index (χ4n) is 4.55. The van der Waals surface area contributed by atoms with Crippen LogP contribution in [0.15, 0.2) is 42.0 Å². The van der Waals surface area contributed by atoms with Gasteiger partial charge >= 0.3 is 0 Å². The summed E-state index contributed by atoms with van der Waals surface area (Å²) < 4.78 is 11.1. The molecule has 1 aliphatic heterocycles. The Morgan fingerprint density at radius 1 is 1.05 bits per heavy atom. The van der Waals surface area contributed by atoms with Crippen LogP contribution in [-0.4, -0.2) is 71.6 Å². The quantitative estimate of drug-likeness (QED) is 0.186. The number of carbonyl (C=O) groups excluding carboxylic acids is 2. The number of unbranched alkanes of at least 4 members (excludes halogenated alkanes) is 1. The number of hydrogen-bond donors (Lipinski definition) is 2. The lowest BCUT2D eigenvalue weighted by Gasteiger charge is -2.28. The summed E-state index contributed by atoms with van der Waals surface area (Å²) in [5.41, 5.74) is 1.82. The summed E-state index contributed by atoms with van der Waals surface area (Å²) in [4.78, 5) is 30.2. The van der Waals surface area contributed by atoms with Gasteiger partial charge in [0.2, 0.25) is 0 Å². The van der Waals surface area contributed by atoms with E-state index in [2.05, 4.69) is 11.8 Å². The van der Waals surface area contributed by atoms with Crippen molar-refractivity contribution in [1.29, 1.82) is 0 Å². The first kappa shape index (κ1) is 28.1. The van der Waals surface area contributed by atoms with Crippen molar-refractivity contribution in [3.05, 3.63) is 58.7 Å². The van der Waals surface area contributed by atoms with E-state index in [9.17, 15) is 19.8 Å². The van der Waals surface area contributed by atoms with Gasteiger partial charge in [0.25, 0.3) is 11.7 Å². The van der Waals surface area contributed by atoms with Crippen LogP contribution in [0.25, 0.3) is 5.76 Å². The van der Waals surface area contributed by atoms with Crippen molar-refractivity contribution in [2.24, 2.45) is 0 Å². The first-order valence-corrected chi connectivity index (χ1v) is 12.9. The van der Waals surface area contributed by atoms with Crippen molar-refractivity contribution in [2.75, 3.05) is 39.9 Å². The molecule has 1 amide bonds. The minimum atomic E-state index is -0.828. The van der Waals surface area contributed by atoms with Crippen LogP contribution in [0.5, 0.6) is 17.2 Å². The lowest BCUT2D eigenvalue weighted by atomic mass is 9.94. The highest BCUT2D eigenvalue weighted by molar-refractivity contribution is 6.46. The number of benzene rings is 2. The maximum atomic E-state index is 13.3. The number of aliphatic hydroxyl groups is 1. The third-order valence-corrected chi connectivity index (χ3v) is 6.81. The molecule has 200 valence electrons. The number of likely N-dealkylation sites (N-methyl/N-ethyl adjacent to an activating group) is 1. The normalized spacial score (nSPS) is 17.0. The number of nitrogens with zero attached hydrogens (tertiary/aromatic N) is 2. The van der Waals surface area contributed by atoms with Crippen molar-refractivity contribution in [2.45, 2.75) is 46.6 Å². The number of phenolic OH excluding ortho intramolecular Hbond substituents is 1. The molecule has 2 aromatic rings. The third-order valence-electron chi connectivity index (χ3n) is 6.81. The average Bonchev–Trinajstić information content (AvgIpc) is 3.15. The SMILES string of the molecule is CCCCOc1ccc(C(O)=C2C(=O)C(=O)N(CCN(CC)CC)[C@@H]2c2ccc(O)c(OC)c2)cc1C. The molecule has 1 saturated heterocycles. The fourth-order valence-corrected chi connectivity index (χ4v) is 4.55. The van der Waals surface area contributed by atoms with Gasteiger partial charge in [-0.15, -0.1) is 0 Å². The average molecular weight is 511 g/mol. The number of Topliss-reactive ketones (excluding diaryl/α,β-unsaturated/α-hetero) is 1. The highest BCUT2D eigenvalue weighted by atomic mass is 16.5. The summed E-state index contributed by atoms with van der Waals surface area (Å²) >= 11 is 0. The monoisotopic (exact) mass is 510 g/mol. The van der Waals surface area contributed by atoms with Crippen LogP contribution in [0.3, 0.4) is 0 Å². The van der Waals surface area contributed by atoms with Gasteiger partial charge in [-0.05, 0) is 67.9 Å². The number of ether oxygens (including phenoxy) is 2. The van der Waals surface area contributed by atoms with E-state index in [1.165, 1.54) is 18.1 Å². The van der Waals surface area contributed by atoms with Gasteiger partial charge in [0.15, 0.2) is 11.5 Å². The number of aryl methyl sites for hydroxylation is 1. The summed E-state index contributed by atoms with van der Waals surface area (Å²) in [7, 11) is 1.43. The van der Waals surface area contributed by atoms with Crippen molar-refractivity contribution < 1.29 is 29.3 Å². The number of carbonyl (C=O) groups is 2. The molecule has 0 bridgehead atoms. The molecule has 3 rings (SSSR count). The molecule has 0 spiro atoms. The summed E-state index contributed by atoms with van der Waals surface area (Å²) in [6.07, 6.45) is 1.96. The Bertz CT molecular complexity index is 1160. The second-order valence-corrected chi connectivity index (χ2v) is 9.13. The molecule has 1 fully saturated rings. The lowest BCUT2D eigenvalue weighted by Crippen LogP contribution is -2.38.